The Morgan fingerprint density at radius 1 is 1.03 bits per heavy atom. The van der Waals surface area contributed by atoms with Gasteiger partial charge in [0.25, 0.3) is 0 Å². The summed E-state index contributed by atoms with van der Waals surface area (Å²) < 4.78 is 72.2. The minimum absolute atomic E-state index is 0.0576. The maximum Gasteiger partial charge on any atom is 0.394 e. The Balaban J connectivity index is 1.68. The van der Waals surface area contributed by atoms with Gasteiger partial charge < -0.3 is 5.32 Å². The number of aromatic nitrogens is 2. The summed E-state index contributed by atoms with van der Waals surface area (Å²) in [6.45, 7) is 1.54. The zero-order valence-electron chi connectivity index (χ0n) is 17.4. The van der Waals surface area contributed by atoms with Crippen molar-refractivity contribution in [1.29, 1.82) is 0 Å². The van der Waals surface area contributed by atoms with E-state index in [1.165, 1.54) is 13.1 Å². The Morgan fingerprint density at radius 3 is 2.50 bits per heavy atom. The van der Waals surface area contributed by atoms with Gasteiger partial charge in [-0.25, -0.2) is 18.7 Å². The molecule has 0 saturated heterocycles. The van der Waals surface area contributed by atoms with Crippen molar-refractivity contribution < 1.29 is 22.0 Å². The highest BCUT2D eigenvalue weighted by atomic mass is 19.4. The second-order valence-electron chi connectivity index (χ2n) is 8.77. The van der Waals surface area contributed by atoms with Crippen molar-refractivity contribution in [2.75, 3.05) is 5.32 Å². The quantitative estimate of drug-likeness (QED) is 0.437. The van der Waals surface area contributed by atoms with Gasteiger partial charge in [-0.1, -0.05) is 37.1 Å². The molecule has 8 heteroatoms. The molecule has 2 aliphatic carbocycles. The number of nitrogens with one attached hydrogen (secondary N) is 1. The summed E-state index contributed by atoms with van der Waals surface area (Å²) in [5.41, 5.74) is 1.28. The van der Waals surface area contributed by atoms with Crippen LogP contribution >= 0.6 is 0 Å². The summed E-state index contributed by atoms with van der Waals surface area (Å²) in [6.07, 6.45) is -0.257. The molecule has 4 atom stereocenters. The lowest BCUT2D eigenvalue weighted by molar-refractivity contribution is -0.201. The number of halogens is 5. The molecule has 168 valence electrons. The summed E-state index contributed by atoms with van der Waals surface area (Å²) in [6, 6.07) is 6.95. The van der Waals surface area contributed by atoms with Crippen LogP contribution in [0.2, 0.25) is 0 Å². The molecule has 1 aromatic heterocycles. The summed E-state index contributed by atoms with van der Waals surface area (Å²) >= 11 is 0. The van der Waals surface area contributed by atoms with Crippen LogP contribution in [-0.2, 0) is 0 Å². The van der Waals surface area contributed by atoms with Gasteiger partial charge in [0.1, 0.15) is 11.3 Å². The largest absolute Gasteiger partial charge is 0.394 e. The van der Waals surface area contributed by atoms with Crippen molar-refractivity contribution in [2.24, 2.45) is 11.8 Å². The topological polar surface area (TPSA) is 37.8 Å². The summed E-state index contributed by atoms with van der Waals surface area (Å²) in [4.78, 5) is 8.03. The highest BCUT2D eigenvalue weighted by Crippen LogP contribution is 2.57. The first-order valence-corrected chi connectivity index (χ1v) is 10.8. The van der Waals surface area contributed by atoms with Gasteiger partial charge in [0, 0.05) is 23.3 Å². The number of aryl methyl sites for hydroxylation is 1. The van der Waals surface area contributed by atoms with Crippen LogP contribution in [0.4, 0.5) is 27.6 Å². The molecule has 0 aliphatic heterocycles. The number of anilines is 1. The number of hydrogen-bond acceptors (Lipinski definition) is 3. The second-order valence-corrected chi connectivity index (χ2v) is 8.77. The average Bonchev–Trinajstić information content (AvgIpc) is 2.76. The van der Waals surface area contributed by atoms with Gasteiger partial charge in [-0.05, 0) is 42.7 Å². The Hall–Kier alpha value is -2.77. The van der Waals surface area contributed by atoms with Crippen LogP contribution in [0, 0.1) is 30.4 Å². The fourth-order valence-electron chi connectivity index (χ4n) is 5.65. The lowest BCUT2D eigenvalue weighted by Crippen LogP contribution is -2.45. The van der Waals surface area contributed by atoms with Crippen molar-refractivity contribution in [3.63, 3.8) is 0 Å². The van der Waals surface area contributed by atoms with Gasteiger partial charge in [-0.15, -0.1) is 0 Å². The van der Waals surface area contributed by atoms with Crippen LogP contribution in [0.3, 0.4) is 0 Å². The first-order chi connectivity index (χ1) is 15.3. The molecule has 2 aliphatic rings. The van der Waals surface area contributed by atoms with Crippen LogP contribution in [-0.4, -0.2) is 16.1 Å². The molecule has 32 heavy (non-hydrogen) atoms. The van der Waals surface area contributed by atoms with Gasteiger partial charge >= 0.3 is 6.18 Å². The van der Waals surface area contributed by atoms with E-state index in [-0.39, 0.29) is 28.3 Å². The molecule has 3 aromatic rings. The Kier molecular flexibility index (Phi) is 5.06. The summed E-state index contributed by atoms with van der Waals surface area (Å²) in [5.74, 6) is -4.42. The maximum atomic E-state index is 14.5. The van der Waals surface area contributed by atoms with Gasteiger partial charge in [0.05, 0.1) is 12.0 Å². The Bertz CT molecular complexity index is 1180. The van der Waals surface area contributed by atoms with E-state index in [0.29, 0.717) is 12.0 Å². The number of fused-ring (bicyclic) bond motifs is 4. The van der Waals surface area contributed by atoms with E-state index >= 15 is 0 Å². The summed E-state index contributed by atoms with van der Waals surface area (Å²) in [5, 5.41) is 3.10. The number of hydrogen-bond donors (Lipinski definition) is 1. The van der Waals surface area contributed by atoms with Crippen molar-refractivity contribution in [1.82, 2.24) is 9.97 Å². The van der Waals surface area contributed by atoms with E-state index in [4.69, 9.17) is 0 Å². The predicted molar refractivity (Wildman–Crippen MR) is 111 cm³/mol. The van der Waals surface area contributed by atoms with Gasteiger partial charge in [-0.2, -0.15) is 13.2 Å². The van der Waals surface area contributed by atoms with E-state index in [0.717, 1.165) is 30.9 Å². The third-order valence-corrected chi connectivity index (χ3v) is 6.95. The van der Waals surface area contributed by atoms with E-state index in [1.54, 1.807) is 12.1 Å². The normalized spacial score (nSPS) is 25.3. The molecule has 0 bridgehead atoms. The number of benzene rings is 2. The SMILES string of the molecule is Cc1ncc2c(NC3c4ccccc4C4CCCCC4C3C(F)(F)F)cc(F)c(F)c2n1. The van der Waals surface area contributed by atoms with Gasteiger partial charge in [-0.3, -0.25) is 0 Å². The zero-order chi connectivity index (χ0) is 22.6. The Labute approximate surface area is 182 Å². The number of alkyl halides is 3. The zero-order valence-corrected chi connectivity index (χ0v) is 17.4. The van der Waals surface area contributed by atoms with Gasteiger partial charge in [0.2, 0.25) is 0 Å². The standard InChI is InChI=1S/C24H22F5N3/c1-12-30-11-17-19(10-18(25)21(26)23(17)31-12)32-22-16-9-5-3-7-14(16)13-6-2-4-8-15(13)20(22)24(27,28)29/h3,5,7,9-11,13,15,20,22,32H,2,4,6,8H2,1H3. The van der Waals surface area contributed by atoms with Crippen molar-refractivity contribution in [3.05, 3.63) is 65.1 Å². The third-order valence-electron chi connectivity index (χ3n) is 6.95. The van der Waals surface area contributed by atoms with E-state index < -0.39 is 35.7 Å². The van der Waals surface area contributed by atoms with E-state index in [9.17, 15) is 22.0 Å². The number of rotatable bonds is 2. The Morgan fingerprint density at radius 2 is 1.75 bits per heavy atom. The fraction of sp³-hybridized carbons (Fsp3) is 0.417. The molecule has 1 saturated carbocycles. The molecular formula is C24H22F5N3. The summed E-state index contributed by atoms with van der Waals surface area (Å²) in [7, 11) is 0. The van der Waals surface area contributed by atoms with Crippen LogP contribution in [0.25, 0.3) is 10.9 Å². The van der Waals surface area contributed by atoms with E-state index in [2.05, 4.69) is 15.3 Å². The first-order valence-electron chi connectivity index (χ1n) is 10.8. The molecule has 0 amide bonds. The van der Waals surface area contributed by atoms with Crippen LogP contribution in [0.15, 0.2) is 36.5 Å². The smallest absolute Gasteiger partial charge is 0.377 e. The molecule has 3 nitrogen and oxygen atoms in total. The predicted octanol–water partition coefficient (Wildman–Crippen LogP) is 6.84. The molecule has 5 rings (SSSR count). The molecule has 0 radical (unpaired) electrons. The number of nitrogens with zero attached hydrogens (tertiary/aromatic N) is 2. The van der Waals surface area contributed by atoms with Gasteiger partial charge in [0.15, 0.2) is 11.6 Å². The molecule has 1 heterocycles. The molecule has 1 fully saturated rings. The molecule has 1 N–H and O–H groups in total. The van der Waals surface area contributed by atoms with Crippen molar-refractivity contribution in [2.45, 2.75) is 50.7 Å². The second kappa shape index (κ2) is 7.67. The third kappa shape index (κ3) is 3.40. The minimum Gasteiger partial charge on any atom is -0.377 e. The van der Waals surface area contributed by atoms with E-state index in [1.807, 2.05) is 12.1 Å². The average molecular weight is 447 g/mol. The molecule has 2 aromatic carbocycles. The van der Waals surface area contributed by atoms with Crippen LogP contribution < -0.4 is 5.32 Å². The lowest BCUT2D eigenvalue weighted by Gasteiger charge is -2.47. The maximum absolute atomic E-state index is 14.5. The molecule has 0 spiro atoms. The van der Waals surface area contributed by atoms with Crippen LogP contribution in [0.1, 0.15) is 54.6 Å². The highest BCUT2D eigenvalue weighted by molar-refractivity contribution is 5.91. The first kappa shape index (κ1) is 21.1. The molecular weight excluding hydrogens is 425 g/mol. The van der Waals surface area contributed by atoms with Crippen molar-refractivity contribution >= 4 is 16.6 Å². The highest BCUT2D eigenvalue weighted by Gasteiger charge is 2.55. The fourth-order valence-corrected chi connectivity index (χ4v) is 5.65. The molecule has 4 unspecified atom stereocenters. The lowest BCUT2D eigenvalue weighted by atomic mass is 9.61. The minimum atomic E-state index is -4.45. The van der Waals surface area contributed by atoms with Crippen molar-refractivity contribution in [3.8, 4) is 0 Å². The monoisotopic (exact) mass is 447 g/mol. The van der Waals surface area contributed by atoms with Crippen LogP contribution in [0.5, 0.6) is 0 Å².